The number of amides is 1. The summed E-state index contributed by atoms with van der Waals surface area (Å²) < 4.78 is 5.38. The first-order chi connectivity index (χ1) is 11.3. The molecule has 2 aromatic rings. The van der Waals surface area contributed by atoms with E-state index < -0.39 is 0 Å². The van der Waals surface area contributed by atoms with Crippen LogP contribution in [0.15, 0.2) is 28.9 Å². The normalized spacial score (nSPS) is 18.4. The van der Waals surface area contributed by atoms with Gasteiger partial charge in [0.05, 0.1) is 11.7 Å². The van der Waals surface area contributed by atoms with Crippen molar-refractivity contribution in [3.05, 3.63) is 41.8 Å². The largest absolute Gasteiger partial charge is 0.342 e. The van der Waals surface area contributed by atoms with Gasteiger partial charge < -0.3 is 9.42 Å². The predicted molar refractivity (Wildman–Crippen MR) is 88.0 cm³/mol. The highest BCUT2D eigenvalue weighted by Gasteiger charge is 2.30. The quantitative estimate of drug-likeness (QED) is 0.808. The van der Waals surface area contributed by atoms with Gasteiger partial charge in [-0.3, -0.25) is 9.78 Å². The Bertz CT molecular complexity index is 647. The van der Waals surface area contributed by atoms with Crippen molar-refractivity contribution in [1.29, 1.82) is 0 Å². The topological polar surface area (TPSA) is 72.1 Å². The molecule has 0 spiro atoms. The smallest absolute Gasteiger partial charge is 0.231 e. The minimum absolute atomic E-state index is 0.138. The van der Waals surface area contributed by atoms with Gasteiger partial charge in [0, 0.05) is 37.8 Å². The van der Waals surface area contributed by atoms with Crippen LogP contribution in [0.5, 0.6) is 0 Å². The molecule has 1 atom stereocenters. The van der Waals surface area contributed by atoms with Crippen molar-refractivity contribution in [3.8, 4) is 0 Å². The number of hydrogen-bond acceptors (Lipinski definition) is 6. The van der Waals surface area contributed by atoms with E-state index in [0.29, 0.717) is 25.4 Å². The first kappa shape index (κ1) is 16.0. The van der Waals surface area contributed by atoms with E-state index in [1.807, 2.05) is 29.4 Å². The molecule has 6 nitrogen and oxygen atoms in total. The van der Waals surface area contributed by atoms with Crippen LogP contribution in [0.25, 0.3) is 0 Å². The number of carbonyl (C=O) groups is 1. The molecule has 0 saturated carbocycles. The first-order valence-corrected chi connectivity index (χ1v) is 9.14. The van der Waals surface area contributed by atoms with Gasteiger partial charge in [0.15, 0.2) is 5.82 Å². The van der Waals surface area contributed by atoms with Crippen molar-refractivity contribution in [2.45, 2.75) is 30.9 Å². The van der Waals surface area contributed by atoms with E-state index in [4.69, 9.17) is 4.52 Å². The van der Waals surface area contributed by atoms with Gasteiger partial charge in [-0.15, -0.1) is 0 Å². The Balaban J connectivity index is 1.60. The maximum atomic E-state index is 12.1. The number of rotatable bonds is 6. The average Bonchev–Trinajstić information content (AvgIpc) is 3.04. The van der Waals surface area contributed by atoms with Crippen LogP contribution in [0.4, 0.5) is 0 Å². The van der Waals surface area contributed by atoms with Gasteiger partial charge in [0.25, 0.3) is 0 Å². The fraction of sp³-hybridized carbons (Fsp3) is 0.500. The average molecular weight is 332 g/mol. The van der Waals surface area contributed by atoms with Crippen LogP contribution in [0.1, 0.15) is 36.2 Å². The summed E-state index contributed by atoms with van der Waals surface area (Å²) in [6.07, 6.45) is 5.87. The van der Waals surface area contributed by atoms with Crippen molar-refractivity contribution in [3.63, 3.8) is 0 Å². The Morgan fingerprint density at radius 1 is 1.43 bits per heavy atom. The van der Waals surface area contributed by atoms with E-state index in [1.165, 1.54) is 0 Å². The first-order valence-electron chi connectivity index (χ1n) is 7.75. The molecular formula is C16H20N4O2S. The molecule has 3 rings (SSSR count). The lowest BCUT2D eigenvalue weighted by Gasteiger charge is -2.30. The van der Waals surface area contributed by atoms with Gasteiger partial charge >= 0.3 is 0 Å². The second kappa shape index (κ2) is 7.59. The lowest BCUT2D eigenvalue weighted by molar-refractivity contribution is -0.133. The zero-order valence-electron chi connectivity index (χ0n) is 13.1. The molecule has 3 heterocycles. The fourth-order valence-corrected chi connectivity index (χ4v) is 3.12. The summed E-state index contributed by atoms with van der Waals surface area (Å²) in [6.45, 7) is 1.32. The second-order valence-electron chi connectivity index (χ2n) is 5.63. The minimum atomic E-state index is 0.138. The highest BCUT2D eigenvalue weighted by Crippen LogP contribution is 2.26. The summed E-state index contributed by atoms with van der Waals surface area (Å²) in [7, 11) is 0. The Morgan fingerprint density at radius 2 is 2.35 bits per heavy atom. The lowest BCUT2D eigenvalue weighted by atomic mass is 9.97. The summed E-state index contributed by atoms with van der Waals surface area (Å²) in [5, 5.41) is 4.00. The summed E-state index contributed by atoms with van der Waals surface area (Å²) in [5.41, 5.74) is 1.00. The SMILES string of the molecule is CSCc1noc(C2CCC(=O)N(CCc3ccccn3)C2)n1. The van der Waals surface area contributed by atoms with E-state index in [0.717, 1.165) is 30.1 Å². The monoisotopic (exact) mass is 332 g/mol. The molecule has 1 amide bonds. The molecule has 0 bridgehead atoms. The van der Waals surface area contributed by atoms with Crippen LogP contribution < -0.4 is 0 Å². The van der Waals surface area contributed by atoms with E-state index in [2.05, 4.69) is 15.1 Å². The Morgan fingerprint density at radius 3 is 3.13 bits per heavy atom. The summed E-state index contributed by atoms with van der Waals surface area (Å²) in [5.74, 6) is 2.47. The zero-order chi connectivity index (χ0) is 16.1. The van der Waals surface area contributed by atoms with Gasteiger partial charge in [0.2, 0.25) is 11.8 Å². The number of carbonyl (C=O) groups excluding carboxylic acids is 1. The number of thioether (sulfide) groups is 1. The molecule has 23 heavy (non-hydrogen) atoms. The third-order valence-electron chi connectivity index (χ3n) is 3.97. The van der Waals surface area contributed by atoms with E-state index in [1.54, 1.807) is 18.0 Å². The van der Waals surface area contributed by atoms with Crippen molar-refractivity contribution < 1.29 is 9.32 Å². The van der Waals surface area contributed by atoms with Crippen LogP contribution >= 0.6 is 11.8 Å². The zero-order valence-corrected chi connectivity index (χ0v) is 14.0. The molecular weight excluding hydrogens is 312 g/mol. The highest BCUT2D eigenvalue weighted by molar-refractivity contribution is 7.97. The summed E-state index contributed by atoms with van der Waals surface area (Å²) in [6, 6.07) is 5.85. The van der Waals surface area contributed by atoms with Crippen molar-refractivity contribution in [1.82, 2.24) is 20.0 Å². The molecule has 122 valence electrons. The number of pyridine rings is 1. The fourth-order valence-electron chi connectivity index (χ4n) is 2.75. The van der Waals surface area contributed by atoms with Gasteiger partial charge in [-0.05, 0) is 24.8 Å². The molecule has 7 heteroatoms. The second-order valence-corrected chi connectivity index (χ2v) is 6.49. The van der Waals surface area contributed by atoms with Crippen LogP contribution in [0.3, 0.4) is 0 Å². The third kappa shape index (κ3) is 4.10. The van der Waals surface area contributed by atoms with Gasteiger partial charge in [0.1, 0.15) is 0 Å². The molecule has 2 aromatic heterocycles. The summed E-state index contributed by atoms with van der Waals surface area (Å²) in [4.78, 5) is 22.8. The van der Waals surface area contributed by atoms with Gasteiger partial charge in [-0.1, -0.05) is 11.2 Å². The maximum absolute atomic E-state index is 12.1. The van der Waals surface area contributed by atoms with Gasteiger partial charge in [-0.2, -0.15) is 16.7 Å². The van der Waals surface area contributed by atoms with Crippen LogP contribution in [-0.4, -0.2) is 45.3 Å². The van der Waals surface area contributed by atoms with E-state index in [-0.39, 0.29) is 11.8 Å². The molecule has 0 radical (unpaired) electrons. The molecule has 0 aliphatic carbocycles. The Hall–Kier alpha value is -1.89. The molecule has 1 unspecified atom stereocenters. The number of piperidine rings is 1. The van der Waals surface area contributed by atoms with Crippen LogP contribution in [0.2, 0.25) is 0 Å². The van der Waals surface area contributed by atoms with E-state index >= 15 is 0 Å². The maximum Gasteiger partial charge on any atom is 0.231 e. The third-order valence-corrected chi connectivity index (χ3v) is 4.52. The minimum Gasteiger partial charge on any atom is -0.342 e. The number of likely N-dealkylation sites (tertiary alicyclic amines) is 1. The Kier molecular flexibility index (Phi) is 5.27. The van der Waals surface area contributed by atoms with Crippen molar-refractivity contribution in [2.24, 2.45) is 0 Å². The molecule has 1 fully saturated rings. The molecule has 1 aliphatic heterocycles. The Labute approximate surface area is 139 Å². The molecule has 1 saturated heterocycles. The predicted octanol–water partition coefficient (Wildman–Crippen LogP) is 2.28. The number of aromatic nitrogens is 3. The van der Waals surface area contributed by atoms with Gasteiger partial charge in [-0.25, -0.2) is 0 Å². The molecule has 0 N–H and O–H groups in total. The molecule has 0 aromatic carbocycles. The van der Waals surface area contributed by atoms with Crippen molar-refractivity contribution in [2.75, 3.05) is 19.3 Å². The van der Waals surface area contributed by atoms with Crippen molar-refractivity contribution >= 4 is 17.7 Å². The van der Waals surface area contributed by atoms with Crippen LogP contribution in [0, 0.1) is 0 Å². The molecule has 1 aliphatic rings. The number of hydrogen-bond donors (Lipinski definition) is 0. The number of nitrogens with zero attached hydrogens (tertiary/aromatic N) is 4. The van der Waals surface area contributed by atoms with Crippen LogP contribution in [-0.2, 0) is 17.0 Å². The van der Waals surface area contributed by atoms with E-state index in [9.17, 15) is 4.79 Å². The highest BCUT2D eigenvalue weighted by atomic mass is 32.2. The lowest BCUT2D eigenvalue weighted by Crippen LogP contribution is -2.40. The standard InChI is InChI=1S/C16H20N4O2S/c1-23-11-14-18-16(22-19-14)12-5-6-15(21)20(10-12)9-7-13-4-2-3-8-17-13/h2-4,8,12H,5-7,9-11H2,1H3. The summed E-state index contributed by atoms with van der Waals surface area (Å²) >= 11 is 1.66.